The topological polar surface area (TPSA) is 81.4 Å². The lowest BCUT2D eigenvalue weighted by Crippen LogP contribution is -2.30. The number of rotatable bonds is 6. The van der Waals surface area contributed by atoms with Gasteiger partial charge in [0.15, 0.2) is 0 Å². The van der Waals surface area contributed by atoms with Crippen LogP contribution >= 0.6 is 0 Å². The molecule has 5 nitrogen and oxygen atoms in total. The molecule has 0 aliphatic carbocycles. The molecule has 2 rings (SSSR count). The van der Waals surface area contributed by atoms with Crippen LogP contribution in [-0.4, -0.2) is 27.7 Å². The van der Waals surface area contributed by atoms with Crippen LogP contribution in [0.3, 0.4) is 0 Å². The van der Waals surface area contributed by atoms with E-state index in [1.807, 2.05) is 6.92 Å². The van der Waals surface area contributed by atoms with E-state index in [2.05, 4.69) is 4.72 Å². The van der Waals surface area contributed by atoms with Crippen molar-refractivity contribution in [1.82, 2.24) is 4.72 Å². The molecule has 1 unspecified atom stereocenters. The second kappa shape index (κ2) is 7.24. The molecule has 1 aliphatic rings. The molecule has 0 radical (unpaired) electrons. The molecule has 0 aromatic heterocycles. The fourth-order valence-electron chi connectivity index (χ4n) is 2.58. The Morgan fingerprint density at radius 3 is 2.86 bits per heavy atom. The Labute approximate surface area is 126 Å². The quantitative estimate of drug-likeness (QED) is 0.788. The highest BCUT2D eigenvalue weighted by Gasteiger charge is 2.19. The van der Waals surface area contributed by atoms with Crippen LogP contribution in [0.1, 0.15) is 38.2 Å². The van der Waals surface area contributed by atoms with E-state index in [1.165, 1.54) is 6.07 Å². The first-order chi connectivity index (χ1) is 10.0. The first-order valence-corrected chi connectivity index (χ1v) is 9.01. The SMILES string of the molecule is CCc1ccc(N)cc1S(=O)(=O)NCCC1CCCCO1. The van der Waals surface area contributed by atoms with Gasteiger partial charge in [0.2, 0.25) is 10.0 Å². The van der Waals surface area contributed by atoms with Crippen molar-refractivity contribution >= 4 is 15.7 Å². The minimum atomic E-state index is -3.51. The summed E-state index contributed by atoms with van der Waals surface area (Å²) < 4.78 is 33.1. The maximum Gasteiger partial charge on any atom is 0.240 e. The summed E-state index contributed by atoms with van der Waals surface area (Å²) in [6, 6.07) is 5.03. The second-order valence-electron chi connectivity index (χ2n) is 5.40. The molecule has 1 saturated heterocycles. The fourth-order valence-corrected chi connectivity index (χ4v) is 3.97. The van der Waals surface area contributed by atoms with Crippen LogP contribution < -0.4 is 10.5 Å². The molecule has 1 aromatic rings. The number of ether oxygens (including phenoxy) is 1. The molecule has 21 heavy (non-hydrogen) atoms. The molecule has 6 heteroatoms. The molecule has 0 bridgehead atoms. The van der Waals surface area contributed by atoms with Gasteiger partial charge in [0.25, 0.3) is 0 Å². The summed E-state index contributed by atoms with van der Waals surface area (Å²) in [7, 11) is -3.51. The van der Waals surface area contributed by atoms with Crippen molar-refractivity contribution in [3.05, 3.63) is 23.8 Å². The normalized spacial score (nSPS) is 19.6. The third-order valence-electron chi connectivity index (χ3n) is 3.79. The number of anilines is 1. The zero-order valence-electron chi connectivity index (χ0n) is 12.5. The van der Waals surface area contributed by atoms with Gasteiger partial charge in [-0.2, -0.15) is 0 Å². The summed E-state index contributed by atoms with van der Waals surface area (Å²) in [6.45, 7) is 3.11. The third-order valence-corrected chi connectivity index (χ3v) is 5.34. The van der Waals surface area contributed by atoms with E-state index >= 15 is 0 Å². The Bertz CT molecular complexity index is 566. The van der Waals surface area contributed by atoms with Gasteiger partial charge in [-0.1, -0.05) is 13.0 Å². The van der Waals surface area contributed by atoms with Gasteiger partial charge in [0.1, 0.15) is 0 Å². The van der Waals surface area contributed by atoms with Gasteiger partial charge in [-0.15, -0.1) is 0 Å². The van der Waals surface area contributed by atoms with E-state index in [0.29, 0.717) is 25.1 Å². The molecular formula is C15H24N2O3S. The largest absolute Gasteiger partial charge is 0.399 e. The van der Waals surface area contributed by atoms with Gasteiger partial charge in [-0.3, -0.25) is 0 Å². The van der Waals surface area contributed by atoms with E-state index in [1.54, 1.807) is 12.1 Å². The Hall–Kier alpha value is -1.11. The van der Waals surface area contributed by atoms with Crippen molar-refractivity contribution in [2.45, 2.75) is 50.0 Å². The predicted molar refractivity (Wildman–Crippen MR) is 83.6 cm³/mol. The third kappa shape index (κ3) is 4.43. The fraction of sp³-hybridized carbons (Fsp3) is 0.600. The molecular weight excluding hydrogens is 288 g/mol. The van der Waals surface area contributed by atoms with Gasteiger partial charge >= 0.3 is 0 Å². The van der Waals surface area contributed by atoms with E-state index < -0.39 is 10.0 Å². The Balaban J connectivity index is 1.99. The highest BCUT2D eigenvalue weighted by atomic mass is 32.2. The average Bonchev–Trinajstić information content (AvgIpc) is 2.48. The minimum Gasteiger partial charge on any atom is -0.399 e. The van der Waals surface area contributed by atoms with Gasteiger partial charge in [0, 0.05) is 18.8 Å². The molecule has 0 saturated carbocycles. The van der Waals surface area contributed by atoms with Gasteiger partial charge in [-0.25, -0.2) is 13.1 Å². The number of sulfonamides is 1. The number of nitrogens with two attached hydrogens (primary N) is 1. The molecule has 0 spiro atoms. The monoisotopic (exact) mass is 312 g/mol. The minimum absolute atomic E-state index is 0.174. The molecule has 118 valence electrons. The van der Waals surface area contributed by atoms with Crippen LogP contribution in [0.15, 0.2) is 23.1 Å². The van der Waals surface area contributed by atoms with Crippen molar-refractivity contribution < 1.29 is 13.2 Å². The molecule has 1 fully saturated rings. The number of aryl methyl sites for hydroxylation is 1. The molecule has 3 N–H and O–H groups in total. The standard InChI is InChI=1S/C15H24N2O3S/c1-2-12-6-7-13(16)11-15(12)21(18,19)17-9-8-14-5-3-4-10-20-14/h6-7,11,14,17H,2-5,8-10,16H2,1H3. The summed E-state index contributed by atoms with van der Waals surface area (Å²) in [4.78, 5) is 0.287. The van der Waals surface area contributed by atoms with Crippen LogP contribution in [0.4, 0.5) is 5.69 Å². The van der Waals surface area contributed by atoms with Gasteiger partial charge in [0.05, 0.1) is 11.0 Å². The average molecular weight is 312 g/mol. The molecule has 1 atom stereocenters. The van der Waals surface area contributed by atoms with Crippen molar-refractivity contribution in [1.29, 1.82) is 0 Å². The number of hydrogen-bond donors (Lipinski definition) is 2. The van der Waals surface area contributed by atoms with Gasteiger partial charge < -0.3 is 10.5 Å². The Kier molecular flexibility index (Phi) is 5.61. The van der Waals surface area contributed by atoms with E-state index in [9.17, 15) is 8.42 Å². The first kappa shape index (κ1) is 16.3. The maximum absolute atomic E-state index is 12.4. The van der Waals surface area contributed by atoms with Gasteiger partial charge in [-0.05, 0) is 49.8 Å². The molecule has 1 aliphatic heterocycles. The van der Waals surface area contributed by atoms with Crippen molar-refractivity contribution in [3.63, 3.8) is 0 Å². The smallest absolute Gasteiger partial charge is 0.240 e. The van der Waals surface area contributed by atoms with Crippen LogP contribution in [0.25, 0.3) is 0 Å². The maximum atomic E-state index is 12.4. The lowest BCUT2D eigenvalue weighted by Gasteiger charge is -2.22. The highest BCUT2D eigenvalue weighted by molar-refractivity contribution is 7.89. The summed E-state index contributed by atoms with van der Waals surface area (Å²) in [5, 5.41) is 0. The first-order valence-electron chi connectivity index (χ1n) is 7.52. The Morgan fingerprint density at radius 1 is 1.38 bits per heavy atom. The van der Waals surface area contributed by atoms with E-state index in [4.69, 9.17) is 10.5 Å². The highest BCUT2D eigenvalue weighted by Crippen LogP contribution is 2.20. The zero-order chi connectivity index (χ0) is 15.3. The van der Waals surface area contributed by atoms with Crippen LogP contribution in [0.5, 0.6) is 0 Å². The number of nitrogens with one attached hydrogen (secondary N) is 1. The van der Waals surface area contributed by atoms with E-state index in [0.717, 1.165) is 31.4 Å². The molecule has 1 heterocycles. The summed E-state index contributed by atoms with van der Waals surface area (Å²) in [6.07, 6.45) is 4.82. The predicted octanol–water partition coefficient (Wildman–Crippen LogP) is 2.07. The second-order valence-corrected chi connectivity index (χ2v) is 7.13. The molecule has 1 aromatic carbocycles. The summed E-state index contributed by atoms with van der Waals surface area (Å²) >= 11 is 0. The van der Waals surface area contributed by atoms with Crippen LogP contribution in [-0.2, 0) is 21.2 Å². The number of hydrogen-bond acceptors (Lipinski definition) is 4. The van der Waals surface area contributed by atoms with Crippen LogP contribution in [0, 0.1) is 0 Å². The lowest BCUT2D eigenvalue weighted by molar-refractivity contribution is 0.0123. The number of benzene rings is 1. The molecule has 0 amide bonds. The zero-order valence-corrected chi connectivity index (χ0v) is 13.3. The summed E-state index contributed by atoms with van der Waals surface area (Å²) in [5.74, 6) is 0. The van der Waals surface area contributed by atoms with Crippen molar-refractivity contribution in [2.24, 2.45) is 0 Å². The summed E-state index contributed by atoms with van der Waals surface area (Å²) in [5.41, 5.74) is 6.96. The number of nitrogen functional groups attached to an aromatic ring is 1. The van der Waals surface area contributed by atoms with Crippen LogP contribution in [0.2, 0.25) is 0 Å². The lowest BCUT2D eigenvalue weighted by atomic mass is 10.1. The Morgan fingerprint density at radius 2 is 2.19 bits per heavy atom. The van der Waals surface area contributed by atoms with E-state index in [-0.39, 0.29) is 11.0 Å². The van der Waals surface area contributed by atoms with Crippen molar-refractivity contribution in [3.8, 4) is 0 Å². The van der Waals surface area contributed by atoms with Crippen molar-refractivity contribution in [2.75, 3.05) is 18.9 Å².